The maximum atomic E-state index is 12.9. The molecular weight excluding hydrogens is 410 g/mol. The second kappa shape index (κ2) is 9.45. The number of nitrogens with zero attached hydrogens (tertiary/aromatic N) is 1. The van der Waals surface area contributed by atoms with E-state index in [1.807, 2.05) is 68.4 Å². The fourth-order valence-corrected chi connectivity index (χ4v) is 5.29. The van der Waals surface area contributed by atoms with Gasteiger partial charge in [0.2, 0.25) is 0 Å². The van der Waals surface area contributed by atoms with Crippen molar-refractivity contribution in [1.29, 1.82) is 0 Å². The van der Waals surface area contributed by atoms with Crippen LogP contribution in [-0.4, -0.2) is 14.6 Å². The number of aryl methyl sites for hydroxylation is 2. The van der Waals surface area contributed by atoms with Crippen LogP contribution in [0.5, 0.6) is 0 Å². The molecule has 5 heteroatoms. The summed E-state index contributed by atoms with van der Waals surface area (Å²) in [6, 6.07) is 24.7. The Morgan fingerprint density at radius 1 is 0.900 bits per heavy atom. The summed E-state index contributed by atoms with van der Waals surface area (Å²) in [5.41, 5.74) is 3.14. The molecule has 3 nitrogen and oxygen atoms in total. The predicted molar refractivity (Wildman–Crippen MR) is 127 cm³/mol. The van der Waals surface area contributed by atoms with Gasteiger partial charge in [-0.2, -0.15) is 12.8 Å². The highest BCUT2D eigenvalue weighted by Gasteiger charge is 2.32. The quantitative estimate of drug-likeness (QED) is 0.236. The number of hydrogen-bond acceptors (Lipinski definition) is 3. The van der Waals surface area contributed by atoms with Gasteiger partial charge >= 0.3 is 0 Å². The van der Waals surface area contributed by atoms with Crippen LogP contribution >= 0.6 is 11.8 Å². The van der Waals surface area contributed by atoms with Crippen molar-refractivity contribution < 1.29 is 8.42 Å². The van der Waals surface area contributed by atoms with E-state index in [0.29, 0.717) is 6.42 Å². The van der Waals surface area contributed by atoms with Crippen molar-refractivity contribution in [1.82, 2.24) is 0 Å². The lowest BCUT2D eigenvalue weighted by Crippen LogP contribution is -2.24. The topological polar surface area (TPSA) is 46.5 Å². The van der Waals surface area contributed by atoms with E-state index in [1.54, 1.807) is 48.3 Å². The normalized spacial score (nSPS) is 13.8. The highest BCUT2D eigenvalue weighted by Crippen LogP contribution is 2.43. The molecule has 0 heterocycles. The van der Waals surface area contributed by atoms with Gasteiger partial charge in [0.15, 0.2) is 0 Å². The first-order valence-corrected chi connectivity index (χ1v) is 11.9. The molecule has 154 valence electrons. The molecule has 0 aromatic heterocycles. The first kappa shape index (κ1) is 22.1. The van der Waals surface area contributed by atoms with Crippen LogP contribution in [0.4, 0.5) is 0 Å². The van der Waals surface area contributed by atoms with Crippen LogP contribution in [-0.2, 0) is 14.8 Å². The van der Waals surface area contributed by atoms with E-state index in [1.165, 1.54) is 5.56 Å². The van der Waals surface area contributed by atoms with E-state index in [0.717, 1.165) is 16.0 Å². The van der Waals surface area contributed by atoms with Gasteiger partial charge in [-0.3, -0.25) is 0 Å². The fraction of sp³-hybridized carbons (Fsp3) is 0.160. The van der Waals surface area contributed by atoms with E-state index < -0.39 is 14.8 Å². The summed E-state index contributed by atoms with van der Waals surface area (Å²) in [4.78, 5) is 1.22. The summed E-state index contributed by atoms with van der Waals surface area (Å²) in [6.45, 7) is 7.87. The smallest absolute Gasteiger partial charge is 0.199 e. The zero-order chi connectivity index (χ0) is 21.6. The van der Waals surface area contributed by atoms with Crippen LogP contribution in [0.15, 0.2) is 106 Å². The molecule has 0 aliphatic rings. The molecule has 3 rings (SSSR count). The van der Waals surface area contributed by atoms with Gasteiger partial charge in [-0.15, -0.1) is 18.3 Å². The molecular formula is C25H25NO2S2. The van der Waals surface area contributed by atoms with Crippen LogP contribution in [0.2, 0.25) is 0 Å². The highest BCUT2D eigenvalue weighted by atomic mass is 32.2. The second-order valence-corrected chi connectivity index (χ2v) is 10.2. The summed E-state index contributed by atoms with van der Waals surface area (Å²) in [6.07, 6.45) is 3.89. The van der Waals surface area contributed by atoms with Crippen molar-refractivity contribution in [3.05, 3.63) is 108 Å². The van der Waals surface area contributed by atoms with Crippen molar-refractivity contribution >= 4 is 28.0 Å². The van der Waals surface area contributed by atoms with Gasteiger partial charge in [-0.25, -0.2) is 0 Å². The maximum absolute atomic E-state index is 12.9. The van der Waals surface area contributed by atoms with Gasteiger partial charge in [-0.05, 0) is 50.1 Å². The van der Waals surface area contributed by atoms with Gasteiger partial charge in [0.1, 0.15) is 0 Å². The van der Waals surface area contributed by atoms with E-state index >= 15 is 0 Å². The lowest BCUT2D eigenvalue weighted by molar-refractivity contribution is 0.598. The Morgan fingerprint density at radius 2 is 1.47 bits per heavy atom. The molecule has 0 spiro atoms. The van der Waals surface area contributed by atoms with E-state index in [9.17, 15) is 8.42 Å². The molecule has 0 bridgehead atoms. The first-order valence-electron chi connectivity index (χ1n) is 9.65. The lowest BCUT2D eigenvalue weighted by atomic mass is 9.96. The lowest BCUT2D eigenvalue weighted by Gasteiger charge is -2.29. The Bertz CT molecular complexity index is 1120. The molecule has 0 aliphatic heterocycles. The fourth-order valence-electron chi connectivity index (χ4n) is 3.05. The number of benzene rings is 3. The van der Waals surface area contributed by atoms with Crippen LogP contribution < -0.4 is 0 Å². The largest absolute Gasteiger partial charge is 0.282 e. The van der Waals surface area contributed by atoms with Crippen LogP contribution in [0.3, 0.4) is 0 Å². The third-order valence-electron chi connectivity index (χ3n) is 4.75. The van der Waals surface area contributed by atoms with Gasteiger partial charge in [-0.1, -0.05) is 71.8 Å². The number of allylic oxidation sites excluding steroid dienone is 1. The standard InChI is InChI=1S/C25H25NO2S2/c1-4-18-25(22-8-6-5-7-9-22,29-23-14-10-20(2)11-15-23)19-26-30(27,28)24-16-12-21(3)13-17-24/h4-17,19H,1,18H2,2-3H3/b26-19+. The van der Waals surface area contributed by atoms with Gasteiger partial charge in [0, 0.05) is 11.1 Å². The minimum atomic E-state index is -3.81. The predicted octanol–water partition coefficient (Wildman–Crippen LogP) is 6.33. The molecule has 3 aromatic carbocycles. The highest BCUT2D eigenvalue weighted by molar-refractivity contribution is 8.01. The maximum Gasteiger partial charge on any atom is 0.282 e. The third-order valence-corrected chi connectivity index (χ3v) is 7.38. The van der Waals surface area contributed by atoms with E-state index in [-0.39, 0.29) is 4.90 Å². The van der Waals surface area contributed by atoms with E-state index in [2.05, 4.69) is 11.0 Å². The molecule has 0 saturated carbocycles. The van der Waals surface area contributed by atoms with Crippen molar-refractivity contribution in [3.8, 4) is 0 Å². The summed E-state index contributed by atoms with van der Waals surface area (Å²) < 4.78 is 29.2. The number of thioether (sulfide) groups is 1. The van der Waals surface area contributed by atoms with Crippen LogP contribution in [0.25, 0.3) is 0 Å². The minimum Gasteiger partial charge on any atom is -0.199 e. The first-order chi connectivity index (χ1) is 14.3. The number of rotatable bonds is 8. The van der Waals surface area contributed by atoms with Gasteiger partial charge in [0.25, 0.3) is 10.0 Å². The second-order valence-electron chi connectivity index (χ2n) is 7.19. The third kappa shape index (κ3) is 5.29. The Hall–Kier alpha value is -2.63. The Kier molecular flexibility index (Phi) is 6.95. The van der Waals surface area contributed by atoms with Crippen molar-refractivity contribution in [2.75, 3.05) is 0 Å². The van der Waals surface area contributed by atoms with Gasteiger partial charge in [0.05, 0.1) is 9.64 Å². The molecule has 0 amide bonds. The Balaban J connectivity index is 2.07. The average Bonchev–Trinajstić information content (AvgIpc) is 2.75. The van der Waals surface area contributed by atoms with Crippen LogP contribution in [0, 0.1) is 13.8 Å². The summed E-state index contributed by atoms with van der Waals surface area (Å²) >= 11 is 1.58. The molecule has 3 aromatic rings. The van der Waals surface area contributed by atoms with Crippen molar-refractivity contribution in [2.45, 2.75) is 34.8 Å². The zero-order valence-electron chi connectivity index (χ0n) is 17.2. The molecule has 1 unspecified atom stereocenters. The monoisotopic (exact) mass is 435 g/mol. The van der Waals surface area contributed by atoms with Crippen LogP contribution in [0.1, 0.15) is 23.1 Å². The Labute approximate surface area is 183 Å². The molecule has 0 fully saturated rings. The summed E-state index contributed by atoms with van der Waals surface area (Å²) in [5, 5.41) is 0. The van der Waals surface area contributed by atoms with Crippen molar-refractivity contribution in [2.24, 2.45) is 4.40 Å². The average molecular weight is 436 g/mol. The molecule has 0 saturated heterocycles. The molecule has 30 heavy (non-hydrogen) atoms. The Morgan fingerprint density at radius 3 is 2.03 bits per heavy atom. The molecule has 1 atom stereocenters. The molecule has 0 aliphatic carbocycles. The number of hydrogen-bond donors (Lipinski definition) is 0. The minimum absolute atomic E-state index is 0.185. The molecule has 0 radical (unpaired) electrons. The van der Waals surface area contributed by atoms with Crippen molar-refractivity contribution in [3.63, 3.8) is 0 Å². The summed E-state index contributed by atoms with van der Waals surface area (Å²) in [7, 11) is -3.81. The summed E-state index contributed by atoms with van der Waals surface area (Å²) in [5.74, 6) is 0. The SMILES string of the molecule is C=CCC(/C=N/S(=O)(=O)c1ccc(C)cc1)(Sc1ccc(C)cc1)c1ccccc1. The molecule has 0 N–H and O–H groups in total. The van der Waals surface area contributed by atoms with Gasteiger partial charge < -0.3 is 0 Å². The van der Waals surface area contributed by atoms with E-state index in [4.69, 9.17) is 0 Å². The number of sulfonamides is 1. The zero-order valence-corrected chi connectivity index (χ0v) is 18.8.